The first-order valence-corrected chi connectivity index (χ1v) is 7.64. The lowest BCUT2D eigenvalue weighted by molar-refractivity contribution is 0.173. The maximum absolute atomic E-state index is 9.81. The molecule has 2 heteroatoms. The van der Waals surface area contributed by atoms with Crippen LogP contribution in [0.5, 0.6) is 0 Å². The number of anilines is 1. The second-order valence-corrected chi connectivity index (χ2v) is 6.08. The van der Waals surface area contributed by atoms with Gasteiger partial charge in [0.25, 0.3) is 0 Å². The molecule has 1 aromatic rings. The zero-order chi connectivity index (χ0) is 13.8. The topological polar surface area (TPSA) is 23.5 Å². The van der Waals surface area contributed by atoms with Crippen LogP contribution >= 0.6 is 0 Å². The molecule has 19 heavy (non-hydrogen) atoms. The maximum atomic E-state index is 9.81. The van der Waals surface area contributed by atoms with Crippen molar-refractivity contribution in [2.24, 2.45) is 11.8 Å². The molecule has 0 amide bonds. The predicted molar refractivity (Wildman–Crippen MR) is 81.5 cm³/mol. The Morgan fingerprint density at radius 2 is 1.74 bits per heavy atom. The molecule has 0 saturated carbocycles. The zero-order valence-corrected chi connectivity index (χ0v) is 12.5. The van der Waals surface area contributed by atoms with E-state index in [1.165, 1.54) is 31.6 Å². The van der Waals surface area contributed by atoms with Crippen LogP contribution in [0.25, 0.3) is 0 Å². The number of hydrogen-bond acceptors (Lipinski definition) is 2. The average Bonchev–Trinajstić information content (AvgIpc) is 2.46. The number of benzene rings is 1. The lowest BCUT2D eigenvalue weighted by Gasteiger charge is -2.35. The Morgan fingerprint density at radius 1 is 1.16 bits per heavy atom. The van der Waals surface area contributed by atoms with Crippen molar-refractivity contribution in [3.63, 3.8) is 0 Å². The van der Waals surface area contributed by atoms with Gasteiger partial charge in [-0.3, -0.25) is 0 Å². The van der Waals surface area contributed by atoms with Gasteiger partial charge in [0.05, 0.1) is 6.10 Å². The molecule has 1 N–H and O–H groups in total. The molecule has 0 aliphatic carbocycles. The van der Waals surface area contributed by atoms with Gasteiger partial charge in [0.1, 0.15) is 0 Å². The molecule has 1 atom stereocenters. The van der Waals surface area contributed by atoms with E-state index in [0.29, 0.717) is 0 Å². The highest BCUT2D eigenvalue weighted by Gasteiger charge is 2.21. The summed E-state index contributed by atoms with van der Waals surface area (Å²) in [5, 5.41) is 9.81. The van der Waals surface area contributed by atoms with Crippen molar-refractivity contribution in [3.05, 3.63) is 29.8 Å². The van der Waals surface area contributed by atoms with E-state index in [1.807, 2.05) is 6.92 Å². The van der Waals surface area contributed by atoms with Gasteiger partial charge >= 0.3 is 0 Å². The minimum absolute atomic E-state index is 0.319. The molecule has 2 rings (SSSR count). The van der Waals surface area contributed by atoms with Crippen molar-refractivity contribution in [2.75, 3.05) is 18.0 Å². The van der Waals surface area contributed by atoms with Gasteiger partial charge in [-0.05, 0) is 48.8 Å². The van der Waals surface area contributed by atoms with Gasteiger partial charge in [-0.1, -0.05) is 32.9 Å². The Bertz CT molecular complexity index is 377. The Hall–Kier alpha value is -1.02. The van der Waals surface area contributed by atoms with Crippen molar-refractivity contribution in [1.29, 1.82) is 0 Å². The standard InChI is InChI=1S/C17H27NO/c1-4-17(19)15-5-7-16(8-6-15)18-11-9-14(10-12-18)13(2)3/h5-8,13-14,17,19H,4,9-12H2,1-3H3. The van der Waals surface area contributed by atoms with Gasteiger partial charge in [-0.25, -0.2) is 0 Å². The Labute approximate surface area is 117 Å². The number of rotatable bonds is 4. The maximum Gasteiger partial charge on any atom is 0.0787 e. The fraction of sp³-hybridized carbons (Fsp3) is 0.647. The average molecular weight is 261 g/mol. The normalized spacial score (nSPS) is 18.9. The molecule has 0 aromatic heterocycles. The van der Waals surface area contributed by atoms with E-state index in [1.54, 1.807) is 0 Å². The van der Waals surface area contributed by atoms with Crippen LogP contribution in [0.15, 0.2) is 24.3 Å². The molecule has 1 aliphatic heterocycles. The van der Waals surface area contributed by atoms with Crippen LogP contribution < -0.4 is 4.90 Å². The van der Waals surface area contributed by atoms with Crippen LogP contribution in [-0.2, 0) is 0 Å². The predicted octanol–water partition coefficient (Wildman–Crippen LogP) is 4.00. The summed E-state index contributed by atoms with van der Waals surface area (Å²) in [4.78, 5) is 2.47. The molecule has 1 saturated heterocycles. The second kappa shape index (κ2) is 6.42. The summed E-state index contributed by atoms with van der Waals surface area (Å²) in [7, 11) is 0. The molecule has 0 radical (unpaired) electrons. The van der Waals surface area contributed by atoms with Crippen molar-refractivity contribution >= 4 is 5.69 Å². The summed E-state index contributed by atoms with van der Waals surface area (Å²) in [5.74, 6) is 1.70. The molecule has 1 heterocycles. The molecular weight excluding hydrogens is 234 g/mol. The van der Waals surface area contributed by atoms with Gasteiger partial charge in [0.15, 0.2) is 0 Å². The summed E-state index contributed by atoms with van der Waals surface area (Å²) in [6.45, 7) is 9.01. The number of hydrogen-bond donors (Lipinski definition) is 1. The summed E-state index contributed by atoms with van der Waals surface area (Å²) >= 11 is 0. The summed E-state index contributed by atoms with van der Waals surface area (Å²) in [6.07, 6.45) is 3.06. The van der Waals surface area contributed by atoms with E-state index in [9.17, 15) is 5.11 Å². The number of nitrogens with zero attached hydrogens (tertiary/aromatic N) is 1. The van der Waals surface area contributed by atoms with Crippen LogP contribution in [0, 0.1) is 11.8 Å². The van der Waals surface area contributed by atoms with Gasteiger partial charge in [0, 0.05) is 18.8 Å². The first kappa shape index (κ1) is 14.4. The third-order valence-corrected chi connectivity index (χ3v) is 4.51. The van der Waals surface area contributed by atoms with E-state index < -0.39 is 0 Å². The number of aliphatic hydroxyl groups is 1. The van der Waals surface area contributed by atoms with Gasteiger partial charge in [-0.15, -0.1) is 0 Å². The number of piperidine rings is 1. The Balaban J connectivity index is 1.96. The van der Waals surface area contributed by atoms with Crippen LogP contribution in [0.1, 0.15) is 51.7 Å². The van der Waals surface area contributed by atoms with Gasteiger partial charge in [-0.2, -0.15) is 0 Å². The van der Waals surface area contributed by atoms with Crippen LogP contribution in [0.3, 0.4) is 0 Å². The third-order valence-electron chi connectivity index (χ3n) is 4.51. The molecular formula is C17H27NO. The molecule has 1 unspecified atom stereocenters. The molecule has 1 fully saturated rings. The van der Waals surface area contributed by atoms with E-state index >= 15 is 0 Å². The molecule has 106 valence electrons. The SMILES string of the molecule is CCC(O)c1ccc(N2CCC(C(C)C)CC2)cc1. The molecule has 1 aromatic carbocycles. The van der Waals surface area contributed by atoms with Crippen molar-refractivity contribution in [2.45, 2.75) is 46.1 Å². The summed E-state index contributed by atoms with van der Waals surface area (Å²) < 4.78 is 0. The highest BCUT2D eigenvalue weighted by atomic mass is 16.3. The number of aliphatic hydroxyl groups excluding tert-OH is 1. The van der Waals surface area contributed by atoms with Crippen molar-refractivity contribution in [1.82, 2.24) is 0 Å². The lowest BCUT2D eigenvalue weighted by Crippen LogP contribution is -2.35. The van der Waals surface area contributed by atoms with E-state index in [4.69, 9.17) is 0 Å². The first-order chi connectivity index (χ1) is 9.11. The highest BCUT2D eigenvalue weighted by molar-refractivity contribution is 5.48. The minimum atomic E-state index is -0.319. The molecule has 0 spiro atoms. The molecule has 1 aliphatic rings. The minimum Gasteiger partial charge on any atom is -0.388 e. The molecule has 0 bridgehead atoms. The summed E-state index contributed by atoms with van der Waals surface area (Å²) in [5.41, 5.74) is 2.33. The van der Waals surface area contributed by atoms with Crippen molar-refractivity contribution in [3.8, 4) is 0 Å². The Kier molecular flexibility index (Phi) is 4.87. The zero-order valence-electron chi connectivity index (χ0n) is 12.5. The van der Waals surface area contributed by atoms with E-state index in [2.05, 4.69) is 43.0 Å². The monoisotopic (exact) mass is 261 g/mol. The van der Waals surface area contributed by atoms with Crippen LogP contribution in [0.4, 0.5) is 5.69 Å². The van der Waals surface area contributed by atoms with Crippen LogP contribution in [-0.4, -0.2) is 18.2 Å². The lowest BCUT2D eigenvalue weighted by atomic mass is 9.86. The van der Waals surface area contributed by atoms with Gasteiger partial charge < -0.3 is 10.0 Å². The Morgan fingerprint density at radius 3 is 2.21 bits per heavy atom. The van der Waals surface area contributed by atoms with E-state index in [0.717, 1.165) is 23.8 Å². The van der Waals surface area contributed by atoms with Gasteiger partial charge in [0.2, 0.25) is 0 Å². The second-order valence-electron chi connectivity index (χ2n) is 6.08. The first-order valence-electron chi connectivity index (χ1n) is 7.64. The summed E-state index contributed by atoms with van der Waals surface area (Å²) in [6, 6.07) is 8.45. The fourth-order valence-corrected chi connectivity index (χ4v) is 2.97. The largest absolute Gasteiger partial charge is 0.388 e. The molecule has 2 nitrogen and oxygen atoms in total. The highest BCUT2D eigenvalue weighted by Crippen LogP contribution is 2.28. The third kappa shape index (κ3) is 3.50. The van der Waals surface area contributed by atoms with Crippen molar-refractivity contribution < 1.29 is 5.11 Å². The smallest absolute Gasteiger partial charge is 0.0787 e. The fourth-order valence-electron chi connectivity index (χ4n) is 2.97. The van der Waals surface area contributed by atoms with Crippen LogP contribution in [0.2, 0.25) is 0 Å². The van der Waals surface area contributed by atoms with E-state index in [-0.39, 0.29) is 6.10 Å². The quantitative estimate of drug-likeness (QED) is 0.885.